The summed E-state index contributed by atoms with van der Waals surface area (Å²) in [5, 5.41) is 8.83. The van der Waals surface area contributed by atoms with E-state index in [9.17, 15) is 9.59 Å². The van der Waals surface area contributed by atoms with Crippen molar-refractivity contribution >= 4 is 28.9 Å². The summed E-state index contributed by atoms with van der Waals surface area (Å²) in [4.78, 5) is 24.5. The third kappa shape index (κ3) is 5.20. The minimum absolute atomic E-state index is 0.157. The molecule has 5 nitrogen and oxygen atoms in total. The highest BCUT2D eigenvalue weighted by molar-refractivity contribution is 6.04. The Morgan fingerprint density at radius 1 is 0.786 bits per heavy atom. The van der Waals surface area contributed by atoms with Crippen LogP contribution >= 0.6 is 0 Å². The van der Waals surface area contributed by atoms with Gasteiger partial charge >= 0.3 is 0 Å². The number of anilines is 3. The van der Waals surface area contributed by atoms with Crippen molar-refractivity contribution in [1.82, 2.24) is 0 Å². The summed E-state index contributed by atoms with van der Waals surface area (Å²) in [6, 6.07) is 22.1. The zero-order chi connectivity index (χ0) is 19.9. The molecule has 0 saturated carbocycles. The molecule has 0 atom stereocenters. The molecule has 0 aliphatic carbocycles. The van der Waals surface area contributed by atoms with Crippen LogP contribution < -0.4 is 16.0 Å². The second-order valence-corrected chi connectivity index (χ2v) is 6.62. The lowest BCUT2D eigenvalue weighted by molar-refractivity contribution is -0.114. The lowest BCUT2D eigenvalue weighted by Crippen LogP contribution is -2.22. The van der Waals surface area contributed by atoms with Gasteiger partial charge in [-0.1, -0.05) is 42.0 Å². The van der Waals surface area contributed by atoms with Gasteiger partial charge in [0.05, 0.1) is 6.54 Å². The first-order chi connectivity index (χ1) is 13.5. The Labute approximate surface area is 164 Å². The average molecular weight is 373 g/mol. The Kier molecular flexibility index (Phi) is 6.07. The monoisotopic (exact) mass is 373 g/mol. The Hall–Kier alpha value is -3.60. The molecule has 0 unspecified atom stereocenters. The van der Waals surface area contributed by atoms with Crippen molar-refractivity contribution in [3.05, 3.63) is 89.5 Å². The fraction of sp³-hybridized carbons (Fsp3) is 0.130. The van der Waals surface area contributed by atoms with Crippen LogP contribution in [0.5, 0.6) is 0 Å². The van der Waals surface area contributed by atoms with E-state index < -0.39 is 0 Å². The molecule has 3 aromatic rings. The van der Waals surface area contributed by atoms with Gasteiger partial charge in [-0.25, -0.2) is 0 Å². The zero-order valence-corrected chi connectivity index (χ0v) is 16.0. The molecule has 0 radical (unpaired) electrons. The molecule has 3 aromatic carbocycles. The quantitative estimate of drug-likeness (QED) is 0.591. The first-order valence-corrected chi connectivity index (χ1v) is 9.09. The summed E-state index contributed by atoms with van der Waals surface area (Å²) >= 11 is 0. The standard InChI is InChI=1S/C23H23N3O2/c1-16-11-12-21(17(2)13-16)24-15-22(27)25-19-9-6-10-20(14-19)26-23(28)18-7-4-3-5-8-18/h3-14,24H,15H2,1-2H3,(H,25,27)(H,26,28). The molecule has 0 aliphatic rings. The van der Waals surface area contributed by atoms with Crippen molar-refractivity contribution < 1.29 is 9.59 Å². The molecule has 0 saturated heterocycles. The highest BCUT2D eigenvalue weighted by Crippen LogP contribution is 2.17. The highest BCUT2D eigenvalue weighted by Gasteiger charge is 2.07. The summed E-state index contributed by atoms with van der Waals surface area (Å²) in [6.07, 6.45) is 0. The van der Waals surface area contributed by atoms with Gasteiger partial charge in [0.2, 0.25) is 5.91 Å². The Morgan fingerprint density at radius 3 is 2.21 bits per heavy atom. The van der Waals surface area contributed by atoms with Gasteiger partial charge in [-0.05, 0) is 55.8 Å². The van der Waals surface area contributed by atoms with E-state index in [2.05, 4.69) is 22.0 Å². The molecule has 0 bridgehead atoms. The van der Waals surface area contributed by atoms with Gasteiger partial charge in [-0.2, -0.15) is 0 Å². The zero-order valence-electron chi connectivity index (χ0n) is 16.0. The predicted octanol–water partition coefficient (Wildman–Crippen LogP) is 4.61. The van der Waals surface area contributed by atoms with Crippen molar-refractivity contribution in [1.29, 1.82) is 0 Å². The van der Waals surface area contributed by atoms with Crippen LogP contribution in [0, 0.1) is 13.8 Å². The van der Waals surface area contributed by atoms with Crippen molar-refractivity contribution in [2.24, 2.45) is 0 Å². The van der Waals surface area contributed by atoms with Crippen LogP contribution in [0.1, 0.15) is 21.5 Å². The van der Waals surface area contributed by atoms with E-state index in [0.717, 1.165) is 11.3 Å². The minimum Gasteiger partial charge on any atom is -0.376 e. The largest absolute Gasteiger partial charge is 0.376 e. The predicted molar refractivity (Wildman–Crippen MR) is 114 cm³/mol. The molecule has 0 fully saturated rings. The molecular formula is C23H23N3O2. The van der Waals surface area contributed by atoms with E-state index in [0.29, 0.717) is 16.9 Å². The first-order valence-electron chi connectivity index (χ1n) is 9.09. The van der Waals surface area contributed by atoms with E-state index in [-0.39, 0.29) is 18.4 Å². The number of carbonyl (C=O) groups excluding carboxylic acids is 2. The van der Waals surface area contributed by atoms with Crippen molar-refractivity contribution in [2.75, 3.05) is 22.5 Å². The van der Waals surface area contributed by atoms with Gasteiger partial charge in [0, 0.05) is 22.6 Å². The van der Waals surface area contributed by atoms with Crippen LogP contribution in [-0.2, 0) is 4.79 Å². The van der Waals surface area contributed by atoms with Crippen LogP contribution in [0.3, 0.4) is 0 Å². The Bertz CT molecular complexity index is 984. The van der Waals surface area contributed by atoms with Crippen LogP contribution in [0.25, 0.3) is 0 Å². The lowest BCUT2D eigenvalue weighted by Gasteiger charge is -2.12. The summed E-state index contributed by atoms with van der Waals surface area (Å²) in [7, 11) is 0. The number of aryl methyl sites for hydroxylation is 2. The Morgan fingerprint density at radius 2 is 1.50 bits per heavy atom. The maximum atomic E-state index is 12.3. The van der Waals surface area contributed by atoms with Crippen LogP contribution in [0.4, 0.5) is 17.1 Å². The highest BCUT2D eigenvalue weighted by atomic mass is 16.2. The number of hydrogen-bond acceptors (Lipinski definition) is 3. The van der Waals surface area contributed by atoms with E-state index >= 15 is 0 Å². The van der Waals surface area contributed by atoms with Gasteiger partial charge in [-0.15, -0.1) is 0 Å². The van der Waals surface area contributed by atoms with Gasteiger partial charge in [0.15, 0.2) is 0 Å². The van der Waals surface area contributed by atoms with E-state index in [4.69, 9.17) is 0 Å². The molecule has 0 aromatic heterocycles. The lowest BCUT2D eigenvalue weighted by atomic mass is 10.1. The van der Waals surface area contributed by atoms with Crippen molar-refractivity contribution in [2.45, 2.75) is 13.8 Å². The number of carbonyl (C=O) groups is 2. The molecule has 3 rings (SSSR count). The normalized spacial score (nSPS) is 10.2. The number of hydrogen-bond donors (Lipinski definition) is 3. The Balaban J connectivity index is 1.57. The summed E-state index contributed by atoms with van der Waals surface area (Å²) < 4.78 is 0. The second kappa shape index (κ2) is 8.86. The van der Waals surface area contributed by atoms with Crippen LogP contribution in [0.2, 0.25) is 0 Å². The first kappa shape index (κ1) is 19.2. The molecule has 0 spiro atoms. The molecular weight excluding hydrogens is 350 g/mol. The topological polar surface area (TPSA) is 70.2 Å². The fourth-order valence-corrected chi connectivity index (χ4v) is 2.86. The second-order valence-electron chi connectivity index (χ2n) is 6.62. The van der Waals surface area contributed by atoms with Gasteiger partial charge < -0.3 is 16.0 Å². The number of rotatable bonds is 6. The van der Waals surface area contributed by atoms with Gasteiger partial charge in [0.1, 0.15) is 0 Å². The minimum atomic E-state index is -0.194. The number of benzene rings is 3. The molecule has 142 valence electrons. The van der Waals surface area contributed by atoms with Crippen LogP contribution in [-0.4, -0.2) is 18.4 Å². The van der Waals surface area contributed by atoms with Crippen LogP contribution in [0.15, 0.2) is 72.8 Å². The van der Waals surface area contributed by atoms with Crippen molar-refractivity contribution in [3.8, 4) is 0 Å². The fourth-order valence-electron chi connectivity index (χ4n) is 2.86. The maximum Gasteiger partial charge on any atom is 0.255 e. The summed E-state index contributed by atoms with van der Waals surface area (Å²) in [5.74, 6) is -0.355. The number of amides is 2. The molecule has 0 aliphatic heterocycles. The van der Waals surface area contributed by atoms with Gasteiger partial charge in [-0.3, -0.25) is 9.59 Å². The average Bonchev–Trinajstić information content (AvgIpc) is 2.68. The number of nitrogens with one attached hydrogen (secondary N) is 3. The third-order valence-electron chi connectivity index (χ3n) is 4.26. The molecule has 3 N–H and O–H groups in total. The maximum absolute atomic E-state index is 12.3. The van der Waals surface area contributed by atoms with Gasteiger partial charge in [0.25, 0.3) is 5.91 Å². The molecule has 28 heavy (non-hydrogen) atoms. The summed E-state index contributed by atoms with van der Waals surface area (Å²) in [6.45, 7) is 4.20. The SMILES string of the molecule is Cc1ccc(NCC(=O)Nc2cccc(NC(=O)c3ccccc3)c2)c(C)c1. The summed E-state index contributed by atoms with van der Waals surface area (Å²) in [5.41, 5.74) is 5.03. The van der Waals surface area contributed by atoms with E-state index in [1.807, 2.05) is 44.2 Å². The van der Waals surface area contributed by atoms with E-state index in [1.54, 1.807) is 36.4 Å². The molecule has 5 heteroatoms. The van der Waals surface area contributed by atoms with E-state index in [1.165, 1.54) is 5.56 Å². The molecule has 2 amide bonds. The van der Waals surface area contributed by atoms with Crippen molar-refractivity contribution in [3.63, 3.8) is 0 Å². The smallest absolute Gasteiger partial charge is 0.255 e. The molecule has 0 heterocycles. The third-order valence-corrected chi connectivity index (χ3v) is 4.26.